The number of halogens is 1. The average molecular weight is 329 g/mol. The monoisotopic (exact) mass is 329 g/mol. The number of nitrogens with zero attached hydrogens (tertiary/aromatic N) is 1. The number of benzene rings is 1. The van der Waals surface area contributed by atoms with Gasteiger partial charge in [0.05, 0.1) is 9.90 Å². The maximum Gasteiger partial charge on any atom is 0.241 e. The molecule has 5 nitrogen and oxygen atoms in total. The van der Waals surface area contributed by atoms with Crippen LogP contribution in [0.5, 0.6) is 0 Å². The maximum absolute atomic E-state index is 13.4. The fourth-order valence-corrected chi connectivity index (χ4v) is 3.93. The summed E-state index contributed by atoms with van der Waals surface area (Å²) in [7, 11) is -2.07. The number of aromatic nitrogens is 1. The van der Waals surface area contributed by atoms with Gasteiger partial charge in [0.15, 0.2) is 0 Å². The Morgan fingerprint density at radius 1 is 1.33 bits per heavy atom. The van der Waals surface area contributed by atoms with E-state index in [1.54, 1.807) is 13.2 Å². The molecule has 0 radical (unpaired) electrons. The van der Waals surface area contributed by atoms with Crippen molar-refractivity contribution in [2.75, 3.05) is 7.05 Å². The molecule has 0 unspecified atom stereocenters. The van der Waals surface area contributed by atoms with Crippen molar-refractivity contribution < 1.29 is 12.8 Å². The number of sulfonamides is 1. The predicted octanol–water partition coefficient (Wildman–Crippen LogP) is 1.79. The standard InChI is InChI=1S/C13H16FN3O2S2/c1-9-16-7-12(20-9)8-17-21(18,19)13-5-11(14)4-3-10(13)6-15-2/h3-5,7,15,17H,6,8H2,1-2H3. The first kappa shape index (κ1) is 16.0. The van der Waals surface area contributed by atoms with Crippen molar-refractivity contribution >= 4 is 21.4 Å². The van der Waals surface area contributed by atoms with E-state index in [4.69, 9.17) is 0 Å². The van der Waals surface area contributed by atoms with Crippen LogP contribution in [0.1, 0.15) is 15.4 Å². The summed E-state index contributed by atoms with van der Waals surface area (Å²) < 4.78 is 40.5. The molecule has 0 amide bonds. The summed E-state index contributed by atoms with van der Waals surface area (Å²) in [5.41, 5.74) is 0.520. The summed E-state index contributed by atoms with van der Waals surface area (Å²) in [5, 5.41) is 3.74. The smallest absolute Gasteiger partial charge is 0.241 e. The van der Waals surface area contributed by atoms with Gasteiger partial charge in [0, 0.05) is 24.2 Å². The largest absolute Gasteiger partial charge is 0.316 e. The Kier molecular flexibility index (Phi) is 5.04. The second-order valence-electron chi connectivity index (χ2n) is 4.45. The van der Waals surface area contributed by atoms with E-state index < -0.39 is 15.8 Å². The van der Waals surface area contributed by atoms with Gasteiger partial charge >= 0.3 is 0 Å². The van der Waals surface area contributed by atoms with Crippen molar-refractivity contribution in [1.82, 2.24) is 15.0 Å². The van der Waals surface area contributed by atoms with Crippen LogP contribution in [0.25, 0.3) is 0 Å². The SMILES string of the molecule is CNCc1ccc(F)cc1S(=O)(=O)NCc1cnc(C)s1. The Hall–Kier alpha value is -1.35. The number of hydrogen-bond acceptors (Lipinski definition) is 5. The molecule has 1 aromatic heterocycles. The summed E-state index contributed by atoms with van der Waals surface area (Å²) >= 11 is 1.42. The molecule has 0 spiro atoms. The van der Waals surface area contributed by atoms with Crippen LogP contribution in [-0.2, 0) is 23.1 Å². The Morgan fingerprint density at radius 2 is 2.10 bits per heavy atom. The van der Waals surface area contributed by atoms with E-state index >= 15 is 0 Å². The van der Waals surface area contributed by atoms with E-state index in [2.05, 4.69) is 15.0 Å². The summed E-state index contributed by atoms with van der Waals surface area (Å²) in [5.74, 6) is -0.580. The highest BCUT2D eigenvalue weighted by Crippen LogP contribution is 2.18. The molecule has 21 heavy (non-hydrogen) atoms. The van der Waals surface area contributed by atoms with E-state index in [0.717, 1.165) is 16.0 Å². The zero-order valence-electron chi connectivity index (χ0n) is 11.7. The molecule has 0 saturated carbocycles. The van der Waals surface area contributed by atoms with Crippen molar-refractivity contribution in [3.63, 3.8) is 0 Å². The molecule has 0 aliphatic rings. The van der Waals surface area contributed by atoms with Crippen molar-refractivity contribution in [2.24, 2.45) is 0 Å². The van der Waals surface area contributed by atoms with Crippen molar-refractivity contribution in [2.45, 2.75) is 24.9 Å². The molecular formula is C13H16FN3O2S2. The number of thiazole rings is 1. The third kappa shape index (κ3) is 4.07. The quantitative estimate of drug-likeness (QED) is 0.847. The lowest BCUT2D eigenvalue weighted by atomic mass is 10.2. The summed E-state index contributed by atoms with van der Waals surface area (Å²) in [4.78, 5) is 4.83. The maximum atomic E-state index is 13.4. The van der Waals surface area contributed by atoms with Gasteiger partial charge in [0.25, 0.3) is 0 Å². The van der Waals surface area contributed by atoms with Gasteiger partial charge in [0.1, 0.15) is 5.82 Å². The molecule has 0 aliphatic carbocycles. The lowest BCUT2D eigenvalue weighted by Crippen LogP contribution is -2.25. The minimum absolute atomic E-state index is 0.0434. The molecule has 1 heterocycles. The number of hydrogen-bond donors (Lipinski definition) is 2. The topological polar surface area (TPSA) is 71.1 Å². The minimum Gasteiger partial charge on any atom is -0.316 e. The van der Waals surface area contributed by atoms with Crippen LogP contribution in [0.2, 0.25) is 0 Å². The van der Waals surface area contributed by atoms with E-state index in [0.29, 0.717) is 12.1 Å². The van der Waals surface area contributed by atoms with Crippen LogP contribution in [0, 0.1) is 12.7 Å². The van der Waals surface area contributed by atoms with E-state index in [-0.39, 0.29) is 11.4 Å². The van der Waals surface area contributed by atoms with E-state index in [1.165, 1.54) is 23.5 Å². The molecule has 8 heteroatoms. The van der Waals surface area contributed by atoms with E-state index in [9.17, 15) is 12.8 Å². The third-order valence-corrected chi connectivity index (χ3v) is 5.19. The Bertz CT molecular complexity index is 729. The highest BCUT2D eigenvalue weighted by Gasteiger charge is 2.19. The molecule has 0 aliphatic heterocycles. The number of rotatable bonds is 6. The lowest BCUT2D eigenvalue weighted by Gasteiger charge is -2.11. The molecule has 0 fully saturated rings. The number of aryl methyl sites for hydroxylation is 1. The van der Waals surface area contributed by atoms with Gasteiger partial charge in [0.2, 0.25) is 10.0 Å². The highest BCUT2D eigenvalue weighted by atomic mass is 32.2. The molecule has 0 bridgehead atoms. The average Bonchev–Trinajstić information content (AvgIpc) is 2.85. The lowest BCUT2D eigenvalue weighted by molar-refractivity contribution is 0.575. The van der Waals surface area contributed by atoms with Gasteiger partial charge in [-0.2, -0.15) is 0 Å². The molecule has 2 N–H and O–H groups in total. The third-order valence-electron chi connectivity index (χ3n) is 2.79. The predicted molar refractivity (Wildman–Crippen MR) is 80.0 cm³/mol. The molecule has 114 valence electrons. The zero-order chi connectivity index (χ0) is 15.5. The summed E-state index contributed by atoms with van der Waals surface area (Å²) in [6.45, 7) is 2.33. The van der Waals surface area contributed by atoms with Crippen LogP contribution < -0.4 is 10.0 Å². The van der Waals surface area contributed by atoms with Gasteiger partial charge < -0.3 is 5.32 Å². The normalized spacial score (nSPS) is 11.8. The van der Waals surface area contributed by atoms with Crippen LogP contribution in [-0.4, -0.2) is 20.4 Å². The Balaban J connectivity index is 2.24. The second kappa shape index (κ2) is 6.61. The van der Waals surface area contributed by atoms with Gasteiger partial charge in [-0.1, -0.05) is 6.07 Å². The van der Waals surface area contributed by atoms with Gasteiger partial charge in [-0.15, -0.1) is 11.3 Å². The molecule has 0 atom stereocenters. The first-order valence-electron chi connectivity index (χ1n) is 6.26. The number of nitrogens with one attached hydrogen (secondary N) is 2. The van der Waals surface area contributed by atoms with Crippen LogP contribution in [0.4, 0.5) is 4.39 Å². The summed E-state index contributed by atoms with van der Waals surface area (Å²) in [6, 6.07) is 3.75. The summed E-state index contributed by atoms with van der Waals surface area (Å²) in [6.07, 6.45) is 1.63. The van der Waals surface area contributed by atoms with Crippen molar-refractivity contribution in [3.05, 3.63) is 45.7 Å². The highest BCUT2D eigenvalue weighted by molar-refractivity contribution is 7.89. The first-order valence-corrected chi connectivity index (χ1v) is 8.56. The van der Waals surface area contributed by atoms with Crippen LogP contribution in [0.3, 0.4) is 0 Å². The van der Waals surface area contributed by atoms with E-state index in [1.807, 2.05) is 6.92 Å². The first-order chi connectivity index (χ1) is 9.92. The molecule has 2 rings (SSSR count). The van der Waals surface area contributed by atoms with Crippen LogP contribution >= 0.6 is 11.3 Å². The second-order valence-corrected chi connectivity index (χ2v) is 7.51. The van der Waals surface area contributed by atoms with Gasteiger partial charge in [-0.25, -0.2) is 22.5 Å². The van der Waals surface area contributed by atoms with Gasteiger partial charge in [-0.05, 0) is 31.7 Å². The Morgan fingerprint density at radius 3 is 2.71 bits per heavy atom. The minimum atomic E-state index is -3.78. The van der Waals surface area contributed by atoms with Gasteiger partial charge in [-0.3, -0.25) is 0 Å². The van der Waals surface area contributed by atoms with Crippen molar-refractivity contribution in [1.29, 1.82) is 0 Å². The Labute approximate surface area is 127 Å². The van der Waals surface area contributed by atoms with Crippen molar-refractivity contribution in [3.8, 4) is 0 Å². The fraction of sp³-hybridized carbons (Fsp3) is 0.308. The molecule has 1 aromatic carbocycles. The fourth-order valence-electron chi connectivity index (χ4n) is 1.85. The molecule has 0 saturated heterocycles. The molecule has 2 aromatic rings. The zero-order valence-corrected chi connectivity index (χ0v) is 13.3. The van der Waals surface area contributed by atoms with Crippen LogP contribution in [0.15, 0.2) is 29.3 Å². The molecular weight excluding hydrogens is 313 g/mol.